The normalized spacial score (nSPS) is 11.4. The molecule has 0 aliphatic rings. The molecule has 0 amide bonds. The Morgan fingerprint density at radius 2 is 1.95 bits per heavy atom. The first-order chi connectivity index (χ1) is 9.96. The van der Waals surface area contributed by atoms with Crippen LogP contribution in [0.3, 0.4) is 0 Å². The highest BCUT2D eigenvalue weighted by Crippen LogP contribution is 2.26. The van der Waals surface area contributed by atoms with E-state index in [2.05, 4.69) is 0 Å². The van der Waals surface area contributed by atoms with Crippen LogP contribution in [0.5, 0.6) is 5.75 Å². The van der Waals surface area contributed by atoms with E-state index >= 15 is 0 Å². The van der Waals surface area contributed by atoms with Crippen LogP contribution in [-0.4, -0.2) is 15.5 Å². The van der Waals surface area contributed by atoms with Gasteiger partial charge >= 0.3 is 0 Å². The van der Waals surface area contributed by atoms with Crippen molar-refractivity contribution in [2.24, 2.45) is 5.73 Å². The van der Waals surface area contributed by atoms with Gasteiger partial charge in [-0.2, -0.15) is 0 Å². The van der Waals surface area contributed by atoms with Crippen molar-refractivity contribution in [2.75, 3.05) is 7.11 Å². The third-order valence-electron chi connectivity index (χ3n) is 3.08. The minimum atomic E-state index is -3.50. The van der Waals surface area contributed by atoms with Crippen LogP contribution in [0.15, 0.2) is 47.4 Å². The van der Waals surface area contributed by atoms with Gasteiger partial charge in [0.25, 0.3) is 0 Å². The lowest BCUT2D eigenvalue weighted by Crippen LogP contribution is -2.07. The van der Waals surface area contributed by atoms with Crippen molar-refractivity contribution in [3.8, 4) is 5.75 Å². The van der Waals surface area contributed by atoms with E-state index in [0.29, 0.717) is 22.9 Å². The van der Waals surface area contributed by atoms with E-state index < -0.39 is 9.84 Å². The molecule has 0 bridgehead atoms. The van der Waals surface area contributed by atoms with Gasteiger partial charge in [-0.3, -0.25) is 0 Å². The van der Waals surface area contributed by atoms with Gasteiger partial charge in [0.1, 0.15) is 5.75 Å². The second-order valence-electron chi connectivity index (χ2n) is 4.57. The standard InChI is InChI=1S/C15H16ClNO3S/c1-20-15-6-5-11(9-17)7-12(15)10-21(18,19)14-4-2-3-13(16)8-14/h2-8H,9-10,17H2,1H3. The Balaban J connectivity index is 2.40. The Labute approximate surface area is 129 Å². The first-order valence-electron chi connectivity index (χ1n) is 6.30. The third kappa shape index (κ3) is 3.75. The minimum Gasteiger partial charge on any atom is -0.496 e. The molecule has 4 nitrogen and oxygen atoms in total. The minimum absolute atomic E-state index is 0.162. The molecule has 2 aromatic carbocycles. The maximum absolute atomic E-state index is 12.5. The quantitative estimate of drug-likeness (QED) is 0.917. The van der Waals surface area contributed by atoms with E-state index in [1.807, 2.05) is 6.07 Å². The maximum Gasteiger partial charge on any atom is 0.182 e. The second-order valence-corrected chi connectivity index (χ2v) is 6.99. The molecule has 0 heterocycles. The lowest BCUT2D eigenvalue weighted by Gasteiger charge is -2.11. The Morgan fingerprint density at radius 3 is 2.57 bits per heavy atom. The van der Waals surface area contributed by atoms with Gasteiger partial charge in [-0.05, 0) is 35.9 Å². The van der Waals surface area contributed by atoms with Gasteiger partial charge in [0.2, 0.25) is 0 Å². The molecule has 2 N–H and O–H groups in total. The molecule has 2 aromatic rings. The smallest absolute Gasteiger partial charge is 0.182 e. The van der Waals surface area contributed by atoms with Crippen molar-refractivity contribution in [1.29, 1.82) is 0 Å². The number of sulfone groups is 1. The molecule has 112 valence electrons. The molecule has 0 aliphatic carbocycles. The molecule has 6 heteroatoms. The van der Waals surface area contributed by atoms with Crippen LogP contribution in [-0.2, 0) is 22.1 Å². The first kappa shape index (κ1) is 15.8. The summed E-state index contributed by atoms with van der Waals surface area (Å²) in [5.74, 6) is 0.363. The highest BCUT2D eigenvalue weighted by Gasteiger charge is 2.18. The number of halogens is 1. The van der Waals surface area contributed by atoms with Crippen LogP contribution in [0.25, 0.3) is 0 Å². The topological polar surface area (TPSA) is 69.4 Å². The molecule has 2 rings (SSSR count). The number of benzene rings is 2. The van der Waals surface area contributed by atoms with Crippen molar-refractivity contribution < 1.29 is 13.2 Å². The molecule has 0 saturated carbocycles. The van der Waals surface area contributed by atoms with E-state index in [4.69, 9.17) is 22.1 Å². The van der Waals surface area contributed by atoms with Crippen LogP contribution in [0.4, 0.5) is 0 Å². The van der Waals surface area contributed by atoms with Gasteiger partial charge in [-0.15, -0.1) is 0 Å². The van der Waals surface area contributed by atoms with Crippen LogP contribution >= 0.6 is 11.6 Å². The summed E-state index contributed by atoms with van der Waals surface area (Å²) in [5.41, 5.74) is 7.03. The number of rotatable bonds is 5. The number of hydrogen-bond donors (Lipinski definition) is 1. The summed E-state index contributed by atoms with van der Waals surface area (Å²) >= 11 is 5.85. The average molecular weight is 326 g/mol. The molecular formula is C15H16ClNO3S. The van der Waals surface area contributed by atoms with Crippen LogP contribution in [0.2, 0.25) is 5.02 Å². The van der Waals surface area contributed by atoms with Crippen molar-refractivity contribution in [3.63, 3.8) is 0 Å². The predicted octanol–water partition coefficient (Wildman–Crippen LogP) is 2.78. The molecule has 0 spiro atoms. The summed E-state index contributed by atoms with van der Waals surface area (Å²) < 4.78 is 30.2. The van der Waals surface area contributed by atoms with Gasteiger partial charge in [0.15, 0.2) is 9.84 Å². The first-order valence-corrected chi connectivity index (χ1v) is 8.33. The van der Waals surface area contributed by atoms with Gasteiger partial charge in [0, 0.05) is 17.1 Å². The molecule has 0 aliphatic heterocycles. The van der Waals surface area contributed by atoms with Gasteiger partial charge in [-0.25, -0.2) is 8.42 Å². The summed E-state index contributed by atoms with van der Waals surface area (Å²) in [6.07, 6.45) is 0. The highest BCUT2D eigenvalue weighted by atomic mass is 35.5. The molecule has 21 heavy (non-hydrogen) atoms. The monoisotopic (exact) mass is 325 g/mol. The SMILES string of the molecule is COc1ccc(CN)cc1CS(=O)(=O)c1cccc(Cl)c1. The summed E-state index contributed by atoms with van der Waals surface area (Å²) in [4.78, 5) is 0.190. The molecular weight excluding hydrogens is 310 g/mol. The predicted molar refractivity (Wildman–Crippen MR) is 83.2 cm³/mol. The fourth-order valence-corrected chi connectivity index (χ4v) is 3.67. The zero-order valence-electron chi connectivity index (χ0n) is 11.5. The Morgan fingerprint density at radius 1 is 1.19 bits per heavy atom. The summed E-state index contributed by atoms with van der Waals surface area (Å²) in [7, 11) is -1.99. The zero-order valence-corrected chi connectivity index (χ0v) is 13.1. The fourth-order valence-electron chi connectivity index (χ4n) is 2.02. The second kappa shape index (κ2) is 6.47. The van der Waals surface area contributed by atoms with Gasteiger partial charge in [-0.1, -0.05) is 23.7 Å². The number of ether oxygens (including phenoxy) is 1. The maximum atomic E-state index is 12.5. The lowest BCUT2D eigenvalue weighted by atomic mass is 10.1. The number of nitrogens with two attached hydrogens (primary N) is 1. The molecule has 0 saturated heterocycles. The third-order valence-corrected chi connectivity index (χ3v) is 4.98. The van der Waals surface area contributed by atoms with Gasteiger partial charge < -0.3 is 10.5 Å². The molecule has 0 atom stereocenters. The van der Waals surface area contributed by atoms with Crippen LogP contribution in [0.1, 0.15) is 11.1 Å². The summed E-state index contributed by atoms with van der Waals surface area (Å²) in [5, 5.41) is 0.388. The lowest BCUT2D eigenvalue weighted by molar-refractivity contribution is 0.411. The van der Waals surface area contributed by atoms with Gasteiger partial charge in [0.05, 0.1) is 17.8 Å². The molecule has 0 radical (unpaired) electrons. The van der Waals surface area contributed by atoms with Crippen molar-refractivity contribution in [3.05, 3.63) is 58.6 Å². The van der Waals surface area contributed by atoms with E-state index in [1.165, 1.54) is 19.2 Å². The van der Waals surface area contributed by atoms with Crippen molar-refractivity contribution in [1.82, 2.24) is 0 Å². The number of hydrogen-bond acceptors (Lipinski definition) is 4. The van der Waals surface area contributed by atoms with Crippen molar-refractivity contribution >= 4 is 21.4 Å². The van der Waals surface area contributed by atoms with E-state index in [0.717, 1.165) is 5.56 Å². The highest BCUT2D eigenvalue weighted by molar-refractivity contribution is 7.90. The fraction of sp³-hybridized carbons (Fsp3) is 0.200. The largest absolute Gasteiger partial charge is 0.496 e. The number of methoxy groups -OCH3 is 1. The van der Waals surface area contributed by atoms with Crippen molar-refractivity contribution in [2.45, 2.75) is 17.2 Å². The molecule has 0 fully saturated rings. The average Bonchev–Trinajstić information content (AvgIpc) is 2.46. The van der Waals surface area contributed by atoms with Crippen LogP contribution in [0, 0.1) is 0 Å². The van der Waals surface area contributed by atoms with E-state index in [-0.39, 0.29) is 10.6 Å². The Kier molecular flexibility index (Phi) is 4.88. The molecule has 0 unspecified atom stereocenters. The Hall–Kier alpha value is -1.56. The van der Waals surface area contributed by atoms with E-state index in [1.54, 1.807) is 24.3 Å². The zero-order chi connectivity index (χ0) is 15.5. The molecule has 0 aromatic heterocycles. The Bertz CT molecular complexity index is 744. The summed E-state index contributed by atoms with van der Waals surface area (Å²) in [6.45, 7) is 0.341. The van der Waals surface area contributed by atoms with E-state index in [9.17, 15) is 8.42 Å². The summed E-state index contributed by atoms with van der Waals surface area (Å²) in [6, 6.07) is 11.5. The van der Waals surface area contributed by atoms with Crippen LogP contribution < -0.4 is 10.5 Å².